The first-order chi connectivity index (χ1) is 15.7. The van der Waals surface area contributed by atoms with E-state index in [-0.39, 0.29) is 24.0 Å². The van der Waals surface area contributed by atoms with Crippen LogP contribution >= 0.6 is 24.0 Å². The van der Waals surface area contributed by atoms with E-state index in [4.69, 9.17) is 4.74 Å². The Morgan fingerprint density at radius 1 is 1.00 bits per heavy atom. The third kappa shape index (κ3) is 6.98. The van der Waals surface area contributed by atoms with Crippen molar-refractivity contribution in [1.29, 1.82) is 0 Å². The number of methoxy groups -OCH3 is 1. The number of likely N-dealkylation sites (tertiary alicyclic amines) is 2. The molecule has 7 heteroatoms. The molecule has 0 aromatic heterocycles. The molecule has 0 bridgehead atoms. The Labute approximate surface area is 217 Å². The summed E-state index contributed by atoms with van der Waals surface area (Å²) in [6, 6.07) is 10.4. The Hall–Kier alpha value is -1.06. The highest BCUT2D eigenvalue weighted by atomic mass is 127. The average Bonchev–Trinajstić information content (AvgIpc) is 3.37. The van der Waals surface area contributed by atoms with Gasteiger partial charge in [0.25, 0.3) is 0 Å². The predicted octanol–water partition coefficient (Wildman–Crippen LogP) is 4.27. The van der Waals surface area contributed by atoms with Gasteiger partial charge in [0.1, 0.15) is 5.75 Å². The van der Waals surface area contributed by atoms with Gasteiger partial charge in [0.05, 0.1) is 7.11 Å². The van der Waals surface area contributed by atoms with E-state index in [2.05, 4.69) is 56.7 Å². The van der Waals surface area contributed by atoms with E-state index in [1.54, 1.807) is 7.11 Å². The minimum absolute atomic E-state index is 0. The predicted molar refractivity (Wildman–Crippen MR) is 148 cm³/mol. The van der Waals surface area contributed by atoms with E-state index >= 15 is 0 Å². The molecule has 6 nitrogen and oxygen atoms in total. The van der Waals surface area contributed by atoms with Crippen LogP contribution in [0, 0.1) is 5.92 Å². The second-order valence-corrected chi connectivity index (χ2v) is 9.95. The monoisotopic (exact) mass is 569 g/mol. The molecular formula is C26H44IN5O. The number of ether oxygens (including phenoxy) is 1. The lowest BCUT2D eigenvalue weighted by atomic mass is 9.85. The largest absolute Gasteiger partial charge is 0.497 e. The molecule has 0 amide bonds. The number of nitrogens with zero attached hydrogens (tertiary/aromatic N) is 3. The van der Waals surface area contributed by atoms with Crippen molar-refractivity contribution in [3.63, 3.8) is 0 Å². The summed E-state index contributed by atoms with van der Waals surface area (Å²) in [7, 11) is 5.88. The lowest BCUT2D eigenvalue weighted by molar-refractivity contribution is 0.122. The summed E-state index contributed by atoms with van der Waals surface area (Å²) in [5, 5.41) is 7.39. The minimum Gasteiger partial charge on any atom is -0.497 e. The van der Waals surface area contributed by atoms with Crippen LogP contribution in [-0.4, -0.2) is 75.2 Å². The van der Waals surface area contributed by atoms with E-state index in [1.807, 2.05) is 7.05 Å². The van der Waals surface area contributed by atoms with Crippen LogP contribution in [0.1, 0.15) is 63.0 Å². The average molecular weight is 570 g/mol. The Morgan fingerprint density at radius 3 is 2.33 bits per heavy atom. The number of guanidine groups is 1. The third-order valence-electron chi connectivity index (χ3n) is 7.93. The van der Waals surface area contributed by atoms with Crippen LogP contribution < -0.4 is 15.4 Å². The number of piperidine rings is 2. The van der Waals surface area contributed by atoms with Crippen LogP contribution in [0.3, 0.4) is 0 Å². The number of nitrogens with one attached hydrogen (secondary N) is 2. The summed E-state index contributed by atoms with van der Waals surface area (Å²) in [5.41, 5.74) is 1.38. The number of halogens is 1. The normalized spacial score (nSPS) is 26.1. The Bertz CT molecular complexity index is 729. The quantitative estimate of drug-likeness (QED) is 0.305. The van der Waals surface area contributed by atoms with Crippen molar-refractivity contribution < 1.29 is 4.74 Å². The van der Waals surface area contributed by atoms with Gasteiger partial charge in [-0.3, -0.25) is 9.89 Å². The van der Waals surface area contributed by atoms with Crippen LogP contribution in [0.2, 0.25) is 0 Å². The Morgan fingerprint density at radius 2 is 1.70 bits per heavy atom. The van der Waals surface area contributed by atoms with Crippen LogP contribution in [0.5, 0.6) is 5.75 Å². The fourth-order valence-corrected chi connectivity index (χ4v) is 6.10. The summed E-state index contributed by atoms with van der Waals surface area (Å²) in [4.78, 5) is 9.79. The Kier molecular flexibility index (Phi) is 10.6. The first kappa shape index (κ1) is 26.5. The highest BCUT2D eigenvalue weighted by molar-refractivity contribution is 14.0. The first-order valence-electron chi connectivity index (χ1n) is 12.7. The van der Waals surface area contributed by atoms with Gasteiger partial charge in [0, 0.05) is 44.8 Å². The molecule has 33 heavy (non-hydrogen) atoms. The van der Waals surface area contributed by atoms with Crippen LogP contribution in [0.25, 0.3) is 0 Å². The number of hydrogen-bond acceptors (Lipinski definition) is 4. The summed E-state index contributed by atoms with van der Waals surface area (Å²) in [6.07, 6.45) is 10.6. The topological polar surface area (TPSA) is 52.1 Å². The molecular weight excluding hydrogens is 525 g/mol. The highest BCUT2D eigenvalue weighted by Gasteiger charge is 2.31. The molecule has 2 unspecified atom stereocenters. The van der Waals surface area contributed by atoms with E-state index in [1.165, 1.54) is 70.0 Å². The van der Waals surface area contributed by atoms with E-state index in [9.17, 15) is 0 Å². The lowest BCUT2D eigenvalue weighted by Crippen LogP contribution is -2.51. The fourth-order valence-electron chi connectivity index (χ4n) is 6.10. The molecule has 4 rings (SSSR count). The maximum absolute atomic E-state index is 5.36. The summed E-state index contributed by atoms with van der Waals surface area (Å²) < 4.78 is 5.36. The second kappa shape index (κ2) is 13.1. The fraction of sp³-hybridized carbons (Fsp3) is 0.731. The standard InChI is InChI=1S/C26H43N5O.HI/c1-27-26(29-22-14-17-31(18-15-22)23-8-4-5-9-23)28-19-21-7-6-16-30(2)25(21)20-10-12-24(32-3)13-11-20;/h10-13,21-23,25H,4-9,14-19H2,1-3H3,(H2,27,28,29);1H. The molecule has 2 N–H and O–H groups in total. The van der Waals surface area contributed by atoms with Gasteiger partial charge in [0.2, 0.25) is 0 Å². The molecule has 2 aliphatic heterocycles. The molecule has 186 valence electrons. The van der Waals surface area contributed by atoms with E-state index in [0.717, 1.165) is 30.8 Å². The molecule has 2 saturated heterocycles. The molecule has 1 aliphatic carbocycles. The molecule has 2 heterocycles. The number of aliphatic imine (C=N–C) groups is 1. The number of hydrogen-bond donors (Lipinski definition) is 2. The molecule has 3 aliphatic rings. The molecule has 1 aromatic carbocycles. The van der Waals surface area contributed by atoms with Gasteiger partial charge < -0.3 is 20.3 Å². The summed E-state index contributed by atoms with van der Waals surface area (Å²) >= 11 is 0. The van der Waals surface area contributed by atoms with Crippen molar-refractivity contribution in [2.24, 2.45) is 10.9 Å². The van der Waals surface area contributed by atoms with Crippen LogP contribution in [-0.2, 0) is 0 Å². The van der Waals surface area contributed by atoms with Crippen LogP contribution in [0.15, 0.2) is 29.3 Å². The number of rotatable bonds is 6. The zero-order chi connectivity index (χ0) is 22.3. The minimum atomic E-state index is 0. The summed E-state index contributed by atoms with van der Waals surface area (Å²) in [6.45, 7) is 4.56. The molecule has 1 aromatic rings. The van der Waals surface area contributed by atoms with Crippen molar-refractivity contribution in [3.05, 3.63) is 29.8 Å². The first-order valence-corrected chi connectivity index (χ1v) is 12.7. The third-order valence-corrected chi connectivity index (χ3v) is 7.93. The van der Waals surface area contributed by atoms with Crippen molar-refractivity contribution in [2.75, 3.05) is 47.4 Å². The van der Waals surface area contributed by atoms with Gasteiger partial charge in [-0.2, -0.15) is 0 Å². The van der Waals surface area contributed by atoms with Gasteiger partial charge in [0.15, 0.2) is 5.96 Å². The van der Waals surface area contributed by atoms with E-state index in [0.29, 0.717) is 18.0 Å². The van der Waals surface area contributed by atoms with Gasteiger partial charge in [-0.15, -0.1) is 24.0 Å². The van der Waals surface area contributed by atoms with Crippen molar-refractivity contribution in [3.8, 4) is 5.75 Å². The smallest absolute Gasteiger partial charge is 0.191 e. The zero-order valence-corrected chi connectivity index (χ0v) is 23.1. The van der Waals surface area contributed by atoms with Crippen molar-refractivity contribution >= 4 is 29.9 Å². The summed E-state index contributed by atoms with van der Waals surface area (Å²) in [5.74, 6) is 2.45. The highest BCUT2D eigenvalue weighted by Crippen LogP contribution is 2.35. The zero-order valence-electron chi connectivity index (χ0n) is 20.8. The molecule has 2 atom stereocenters. The van der Waals surface area contributed by atoms with Crippen LogP contribution in [0.4, 0.5) is 0 Å². The molecule has 1 saturated carbocycles. The van der Waals surface area contributed by atoms with Crippen molar-refractivity contribution in [2.45, 2.75) is 69.5 Å². The van der Waals surface area contributed by atoms with Gasteiger partial charge in [-0.1, -0.05) is 25.0 Å². The van der Waals surface area contributed by atoms with E-state index < -0.39 is 0 Å². The second-order valence-electron chi connectivity index (χ2n) is 9.95. The van der Waals surface area contributed by atoms with Gasteiger partial charge in [-0.25, -0.2) is 0 Å². The SMILES string of the molecule is CN=C(NCC1CCCN(C)C1c1ccc(OC)cc1)NC1CCN(C2CCCC2)CC1.I. The van der Waals surface area contributed by atoms with Gasteiger partial charge in [-0.05, 0) is 75.7 Å². The molecule has 3 fully saturated rings. The molecule has 0 spiro atoms. The number of benzene rings is 1. The lowest BCUT2D eigenvalue weighted by Gasteiger charge is -2.40. The maximum Gasteiger partial charge on any atom is 0.191 e. The van der Waals surface area contributed by atoms with Gasteiger partial charge >= 0.3 is 0 Å². The Balaban J connectivity index is 0.00000306. The maximum atomic E-state index is 5.36. The van der Waals surface area contributed by atoms with Crippen molar-refractivity contribution in [1.82, 2.24) is 20.4 Å². The molecule has 0 radical (unpaired) electrons.